The van der Waals surface area contributed by atoms with Gasteiger partial charge in [-0.1, -0.05) is 72.5 Å². The lowest BCUT2D eigenvalue weighted by Gasteiger charge is -2.58. The average Bonchev–Trinajstić information content (AvgIpc) is 2.52. The third kappa shape index (κ3) is 4.33. The van der Waals surface area contributed by atoms with E-state index in [9.17, 15) is 4.79 Å². The molecule has 4 aliphatic rings. The standard InChI is InChI=1S/C25H50O2Si3/c1-24(2,3)30(28(4,5)6,29(7,8)9)13-11-10-12-27-23(26)25-17-20-14-21(18-25)16-22(15-20)19-25/h20-22H,10-19H2,1-9H3. The van der Waals surface area contributed by atoms with Crippen LogP contribution in [0.1, 0.15) is 72.1 Å². The van der Waals surface area contributed by atoms with Crippen LogP contribution in [0.4, 0.5) is 0 Å². The Morgan fingerprint density at radius 3 is 1.63 bits per heavy atom. The summed E-state index contributed by atoms with van der Waals surface area (Å²) >= 11 is 0. The molecule has 0 N–H and O–H groups in total. The van der Waals surface area contributed by atoms with Crippen LogP contribution in [0.2, 0.25) is 50.4 Å². The Labute approximate surface area is 189 Å². The predicted molar refractivity (Wildman–Crippen MR) is 138 cm³/mol. The van der Waals surface area contributed by atoms with Gasteiger partial charge in [0.05, 0.1) is 12.0 Å². The number of hydrogen-bond acceptors (Lipinski definition) is 2. The minimum Gasteiger partial charge on any atom is -0.465 e. The highest BCUT2D eigenvalue weighted by Crippen LogP contribution is 2.60. The molecule has 0 heterocycles. The SMILES string of the molecule is CC(C)(C)[Si](CCCCOC(=O)C12CC3CC(CC(C3)C1)C2)([Si](C)(C)C)[Si](C)(C)C. The molecule has 0 radical (unpaired) electrons. The van der Waals surface area contributed by atoms with Gasteiger partial charge >= 0.3 is 5.97 Å². The van der Waals surface area contributed by atoms with Gasteiger partial charge < -0.3 is 4.74 Å². The summed E-state index contributed by atoms with van der Waals surface area (Å²) in [7, 11) is -3.89. The van der Waals surface area contributed by atoms with E-state index in [1.165, 1.54) is 31.7 Å². The summed E-state index contributed by atoms with van der Waals surface area (Å²) < 4.78 is 6.00. The van der Waals surface area contributed by atoms with Crippen LogP contribution < -0.4 is 0 Å². The van der Waals surface area contributed by atoms with Gasteiger partial charge in [0, 0.05) is 22.3 Å². The van der Waals surface area contributed by atoms with E-state index in [0.29, 0.717) is 11.6 Å². The molecule has 30 heavy (non-hydrogen) atoms. The molecule has 0 aromatic rings. The van der Waals surface area contributed by atoms with E-state index < -0.39 is 22.3 Å². The minimum absolute atomic E-state index is 0.0880. The molecule has 0 saturated heterocycles. The first-order chi connectivity index (χ1) is 13.6. The Hall–Kier alpha value is 0.121. The first-order valence-electron chi connectivity index (χ1n) is 12.8. The van der Waals surface area contributed by atoms with Crippen LogP contribution in [0, 0.1) is 23.2 Å². The summed E-state index contributed by atoms with van der Waals surface area (Å²) in [6, 6.07) is 1.44. The van der Waals surface area contributed by atoms with Gasteiger partial charge in [0.2, 0.25) is 0 Å². The number of ether oxygens (including phenoxy) is 1. The molecule has 174 valence electrons. The van der Waals surface area contributed by atoms with E-state index in [1.807, 2.05) is 0 Å². The van der Waals surface area contributed by atoms with Crippen molar-refractivity contribution >= 4 is 28.3 Å². The van der Waals surface area contributed by atoms with Crippen molar-refractivity contribution in [3.8, 4) is 0 Å². The Morgan fingerprint density at radius 2 is 1.27 bits per heavy atom. The van der Waals surface area contributed by atoms with Crippen LogP contribution in [-0.4, -0.2) is 34.9 Å². The highest BCUT2D eigenvalue weighted by atomic mass is 29.6. The van der Waals surface area contributed by atoms with Crippen LogP contribution in [0.25, 0.3) is 0 Å². The fourth-order valence-electron chi connectivity index (χ4n) is 9.67. The van der Waals surface area contributed by atoms with Crippen molar-refractivity contribution in [3.63, 3.8) is 0 Å². The second-order valence-corrected chi connectivity index (χ2v) is 42.9. The van der Waals surface area contributed by atoms with Gasteiger partial charge in [-0.25, -0.2) is 0 Å². The first-order valence-corrected chi connectivity index (χ1v) is 24.0. The van der Waals surface area contributed by atoms with Crippen LogP contribution in [0.15, 0.2) is 0 Å². The van der Waals surface area contributed by atoms with Crippen molar-refractivity contribution < 1.29 is 9.53 Å². The van der Waals surface area contributed by atoms with Gasteiger partial charge in [0.15, 0.2) is 0 Å². The lowest BCUT2D eigenvalue weighted by molar-refractivity contribution is -0.171. The zero-order chi connectivity index (χ0) is 22.6. The third-order valence-corrected chi connectivity index (χ3v) is 53.1. The van der Waals surface area contributed by atoms with Crippen LogP contribution in [-0.2, 0) is 9.53 Å². The summed E-state index contributed by atoms with van der Waals surface area (Å²) in [6.45, 7) is 24.2. The Kier molecular flexibility index (Phi) is 6.73. The molecule has 0 atom stereocenters. The molecule has 4 fully saturated rings. The van der Waals surface area contributed by atoms with E-state index in [1.54, 1.807) is 0 Å². The Balaban J connectivity index is 1.56. The molecule has 4 rings (SSSR count). The zero-order valence-corrected chi connectivity index (χ0v) is 24.6. The second kappa shape index (κ2) is 8.16. The average molecular weight is 467 g/mol. The number of rotatable bonds is 8. The maximum Gasteiger partial charge on any atom is 0.312 e. The van der Waals surface area contributed by atoms with E-state index in [0.717, 1.165) is 43.4 Å². The maximum atomic E-state index is 13.1. The Bertz CT molecular complexity index is 565. The number of esters is 1. The molecule has 0 aliphatic heterocycles. The fraction of sp³-hybridized carbons (Fsp3) is 0.960. The van der Waals surface area contributed by atoms with Gasteiger partial charge in [-0.05, 0) is 67.7 Å². The van der Waals surface area contributed by atoms with Crippen molar-refractivity contribution in [1.82, 2.24) is 0 Å². The molecule has 4 aliphatic carbocycles. The van der Waals surface area contributed by atoms with Crippen LogP contribution >= 0.6 is 0 Å². The monoisotopic (exact) mass is 466 g/mol. The third-order valence-electron chi connectivity index (χ3n) is 9.49. The molecule has 4 saturated carbocycles. The van der Waals surface area contributed by atoms with Crippen LogP contribution in [0.5, 0.6) is 0 Å². The highest BCUT2D eigenvalue weighted by molar-refractivity contribution is 7.69. The van der Waals surface area contributed by atoms with Crippen LogP contribution in [0.3, 0.4) is 0 Å². The minimum atomic E-state index is -1.40. The highest BCUT2D eigenvalue weighted by Gasteiger charge is 2.60. The van der Waals surface area contributed by atoms with Gasteiger partial charge in [-0.2, -0.15) is 0 Å². The summed E-state index contributed by atoms with van der Waals surface area (Å²) in [5, 5.41) is 0.470. The quantitative estimate of drug-likeness (QED) is 0.209. The summed E-state index contributed by atoms with van der Waals surface area (Å²) in [5.41, 5.74) is -0.0880. The van der Waals surface area contributed by atoms with Gasteiger partial charge in [-0.3, -0.25) is 4.79 Å². The van der Waals surface area contributed by atoms with Gasteiger partial charge in [-0.15, -0.1) is 0 Å². The lowest BCUT2D eigenvalue weighted by atomic mass is 9.49. The molecule has 2 nitrogen and oxygen atoms in total. The molecule has 0 unspecified atom stereocenters. The molecule has 0 spiro atoms. The summed E-state index contributed by atoms with van der Waals surface area (Å²) in [6.07, 6.45) is 9.87. The summed E-state index contributed by atoms with van der Waals surface area (Å²) in [5.74, 6) is 2.62. The normalized spacial score (nSPS) is 31.8. The van der Waals surface area contributed by atoms with Crippen molar-refractivity contribution in [3.05, 3.63) is 0 Å². The van der Waals surface area contributed by atoms with Crippen molar-refractivity contribution in [1.29, 1.82) is 0 Å². The van der Waals surface area contributed by atoms with Crippen molar-refractivity contribution in [2.24, 2.45) is 23.2 Å². The molecule has 0 aromatic heterocycles. The topological polar surface area (TPSA) is 26.3 Å². The van der Waals surface area contributed by atoms with E-state index in [4.69, 9.17) is 4.74 Å². The molecule has 0 aromatic carbocycles. The number of carbonyl (C=O) groups excluding carboxylic acids is 1. The number of unbranched alkanes of at least 4 members (excludes halogenated alkanes) is 1. The van der Waals surface area contributed by atoms with Crippen molar-refractivity contribution in [2.75, 3.05) is 6.61 Å². The van der Waals surface area contributed by atoms with E-state index in [2.05, 4.69) is 60.1 Å². The largest absolute Gasteiger partial charge is 0.465 e. The van der Waals surface area contributed by atoms with Gasteiger partial charge in [0.25, 0.3) is 0 Å². The molecule has 5 heteroatoms. The fourth-order valence-corrected chi connectivity index (χ4v) is 65.5. The number of carbonyl (C=O) groups is 1. The lowest BCUT2D eigenvalue weighted by Crippen LogP contribution is -2.75. The van der Waals surface area contributed by atoms with E-state index >= 15 is 0 Å². The number of hydrogen-bond donors (Lipinski definition) is 0. The maximum absolute atomic E-state index is 13.1. The molecular formula is C25H50O2Si3. The Morgan fingerprint density at radius 1 is 0.833 bits per heavy atom. The predicted octanol–water partition coefficient (Wildman–Crippen LogP) is 7.61. The summed E-state index contributed by atoms with van der Waals surface area (Å²) in [4.78, 5) is 13.1. The smallest absolute Gasteiger partial charge is 0.312 e. The van der Waals surface area contributed by atoms with Crippen molar-refractivity contribution in [2.45, 2.75) is 123 Å². The first kappa shape index (κ1) is 24.8. The zero-order valence-electron chi connectivity index (χ0n) is 21.6. The van der Waals surface area contributed by atoms with Gasteiger partial charge in [0.1, 0.15) is 0 Å². The molecule has 4 bridgehead atoms. The molecular weight excluding hydrogens is 417 g/mol. The second-order valence-electron chi connectivity index (χ2n) is 14.4. The van der Waals surface area contributed by atoms with E-state index in [-0.39, 0.29) is 11.4 Å². The molecule has 0 amide bonds.